The number of nitrogens with zero attached hydrogens (tertiary/aromatic N) is 2. The van der Waals surface area contributed by atoms with E-state index in [0.29, 0.717) is 0 Å². The normalized spacial score (nSPS) is 11.3. The molecule has 0 saturated heterocycles. The number of hydrogen-bond donors (Lipinski definition) is 1. The van der Waals surface area contributed by atoms with E-state index in [1.807, 2.05) is 6.92 Å². The first-order chi connectivity index (χ1) is 10.4. The molecular weight excluding hydrogens is 262 g/mol. The standard InChI is InChI=1S/C17H27N3O/c1-2-21-14-8-13-20-16-10-6-5-9-15(16)19-17(20)11-4-3-7-12-18/h5-6,9-10H,2-4,7-8,11-14,18H2,1H3. The SMILES string of the molecule is CCOCCCn1c(CCCCCN)nc2ccccc21. The molecule has 0 fully saturated rings. The molecule has 0 atom stereocenters. The monoisotopic (exact) mass is 289 g/mol. The Hall–Kier alpha value is -1.39. The van der Waals surface area contributed by atoms with E-state index in [4.69, 9.17) is 15.5 Å². The van der Waals surface area contributed by atoms with E-state index < -0.39 is 0 Å². The van der Waals surface area contributed by atoms with Gasteiger partial charge in [0.1, 0.15) is 5.82 Å². The number of unbranched alkanes of at least 4 members (excludes halogenated alkanes) is 2. The number of fused-ring (bicyclic) bond motifs is 1. The van der Waals surface area contributed by atoms with Gasteiger partial charge in [-0.25, -0.2) is 4.98 Å². The molecule has 0 aliphatic heterocycles. The van der Waals surface area contributed by atoms with E-state index in [0.717, 1.165) is 57.5 Å². The summed E-state index contributed by atoms with van der Waals surface area (Å²) < 4.78 is 7.81. The second-order valence-corrected chi connectivity index (χ2v) is 5.32. The van der Waals surface area contributed by atoms with Crippen molar-refractivity contribution in [3.05, 3.63) is 30.1 Å². The van der Waals surface area contributed by atoms with Crippen LogP contribution in [0.3, 0.4) is 0 Å². The van der Waals surface area contributed by atoms with Crippen molar-refractivity contribution in [1.82, 2.24) is 9.55 Å². The molecule has 0 radical (unpaired) electrons. The third-order valence-corrected chi connectivity index (χ3v) is 3.71. The molecule has 0 unspecified atom stereocenters. The Morgan fingerprint density at radius 3 is 2.81 bits per heavy atom. The molecule has 4 nitrogen and oxygen atoms in total. The lowest BCUT2D eigenvalue weighted by molar-refractivity contribution is 0.141. The molecule has 21 heavy (non-hydrogen) atoms. The van der Waals surface area contributed by atoms with E-state index in [1.165, 1.54) is 17.8 Å². The molecule has 0 saturated carbocycles. The number of benzene rings is 1. The van der Waals surface area contributed by atoms with E-state index in [9.17, 15) is 0 Å². The van der Waals surface area contributed by atoms with Crippen molar-refractivity contribution in [1.29, 1.82) is 0 Å². The van der Waals surface area contributed by atoms with Gasteiger partial charge in [0.2, 0.25) is 0 Å². The minimum Gasteiger partial charge on any atom is -0.382 e. The van der Waals surface area contributed by atoms with Crippen molar-refractivity contribution in [2.24, 2.45) is 5.73 Å². The molecule has 2 aromatic rings. The quantitative estimate of drug-likeness (QED) is 0.684. The average molecular weight is 289 g/mol. The predicted molar refractivity (Wildman–Crippen MR) is 87.5 cm³/mol. The Kier molecular flexibility index (Phi) is 6.70. The number of nitrogens with two attached hydrogens (primary N) is 1. The summed E-state index contributed by atoms with van der Waals surface area (Å²) in [6.07, 6.45) is 5.50. The van der Waals surface area contributed by atoms with Crippen molar-refractivity contribution < 1.29 is 4.74 Å². The van der Waals surface area contributed by atoms with Crippen LogP contribution in [0.15, 0.2) is 24.3 Å². The lowest BCUT2D eigenvalue weighted by Gasteiger charge is -2.09. The van der Waals surface area contributed by atoms with Gasteiger partial charge >= 0.3 is 0 Å². The van der Waals surface area contributed by atoms with Crippen molar-refractivity contribution >= 4 is 11.0 Å². The summed E-state index contributed by atoms with van der Waals surface area (Å²) in [6, 6.07) is 8.39. The maximum absolute atomic E-state index is 5.56. The molecule has 2 N–H and O–H groups in total. The first-order valence-electron chi connectivity index (χ1n) is 8.08. The lowest BCUT2D eigenvalue weighted by Crippen LogP contribution is -2.07. The van der Waals surface area contributed by atoms with Crippen molar-refractivity contribution in [3.63, 3.8) is 0 Å². The highest BCUT2D eigenvalue weighted by Gasteiger charge is 2.09. The molecule has 0 aliphatic carbocycles. The molecule has 2 rings (SSSR count). The first kappa shape index (κ1) is 16.0. The summed E-state index contributed by atoms with van der Waals surface area (Å²) in [5, 5.41) is 0. The summed E-state index contributed by atoms with van der Waals surface area (Å²) in [7, 11) is 0. The Morgan fingerprint density at radius 1 is 1.14 bits per heavy atom. The molecule has 0 bridgehead atoms. The van der Waals surface area contributed by atoms with Gasteiger partial charge in [-0.1, -0.05) is 18.6 Å². The molecule has 1 heterocycles. The number of aryl methyl sites for hydroxylation is 2. The number of imidazole rings is 1. The highest BCUT2D eigenvalue weighted by atomic mass is 16.5. The Balaban J connectivity index is 2.06. The molecule has 0 amide bonds. The molecule has 4 heteroatoms. The van der Waals surface area contributed by atoms with Gasteiger partial charge in [-0.3, -0.25) is 0 Å². The molecule has 1 aromatic carbocycles. The predicted octanol–water partition coefficient (Wildman–Crippen LogP) is 3.13. The van der Waals surface area contributed by atoms with E-state index in [-0.39, 0.29) is 0 Å². The highest BCUT2D eigenvalue weighted by molar-refractivity contribution is 5.75. The van der Waals surface area contributed by atoms with Gasteiger partial charge in [0.15, 0.2) is 0 Å². The van der Waals surface area contributed by atoms with Crippen LogP contribution >= 0.6 is 0 Å². The van der Waals surface area contributed by atoms with Gasteiger partial charge < -0.3 is 15.0 Å². The summed E-state index contributed by atoms with van der Waals surface area (Å²) in [6.45, 7) is 5.40. The second kappa shape index (κ2) is 8.80. The van der Waals surface area contributed by atoms with Gasteiger partial charge in [-0.15, -0.1) is 0 Å². The highest BCUT2D eigenvalue weighted by Crippen LogP contribution is 2.18. The van der Waals surface area contributed by atoms with Crippen LogP contribution in [0, 0.1) is 0 Å². The lowest BCUT2D eigenvalue weighted by atomic mass is 10.2. The zero-order valence-corrected chi connectivity index (χ0v) is 13.1. The van der Waals surface area contributed by atoms with Crippen LogP contribution in [-0.2, 0) is 17.7 Å². The Morgan fingerprint density at radius 2 is 2.00 bits per heavy atom. The largest absolute Gasteiger partial charge is 0.382 e. The van der Waals surface area contributed by atoms with E-state index in [1.54, 1.807) is 0 Å². The van der Waals surface area contributed by atoms with Crippen molar-refractivity contribution in [2.45, 2.75) is 45.6 Å². The fourth-order valence-corrected chi connectivity index (χ4v) is 2.64. The van der Waals surface area contributed by atoms with Crippen LogP contribution in [0.1, 0.15) is 38.4 Å². The number of ether oxygens (including phenoxy) is 1. The van der Waals surface area contributed by atoms with Crippen LogP contribution in [-0.4, -0.2) is 29.3 Å². The maximum Gasteiger partial charge on any atom is 0.109 e. The second-order valence-electron chi connectivity index (χ2n) is 5.32. The summed E-state index contributed by atoms with van der Waals surface area (Å²) in [5.41, 5.74) is 7.90. The first-order valence-corrected chi connectivity index (χ1v) is 8.08. The topological polar surface area (TPSA) is 53.1 Å². The van der Waals surface area contributed by atoms with Crippen molar-refractivity contribution in [3.8, 4) is 0 Å². The minimum atomic E-state index is 0.783. The summed E-state index contributed by atoms with van der Waals surface area (Å²) >= 11 is 0. The zero-order chi connectivity index (χ0) is 14.9. The van der Waals surface area contributed by atoms with Gasteiger partial charge in [0, 0.05) is 26.2 Å². The minimum absolute atomic E-state index is 0.783. The molecular formula is C17H27N3O. The molecule has 1 aromatic heterocycles. The number of rotatable bonds is 10. The van der Waals surface area contributed by atoms with Crippen LogP contribution in [0.25, 0.3) is 11.0 Å². The molecule has 0 spiro atoms. The average Bonchev–Trinajstić information content (AvgIpc) is 2.86. The third-order valence-electron chi connectivity index (χ3n) is 3.71. The number of para-hydroxylation sites is 2. The molecule has 116 valence electrons. The van der Waals surface area contributed by atoms with Gasteiger partial charge in [0.05, 0.1) is 11.0 Å². The van der Waals surface area contributed by atoms with Crippen LogP contribution in [0.5, 0.6) is 0 Å². The molecule has 0 aliphatic rings. The fourth-order valence-electron chi connectivity index (χ4n) is 2.64. The van der Waals surface area contributed by atoms with Crippen molar-refractivity contribution in [2.75, 3.05) is 19.8 Å². The number of hydrogen-bond acceptors (Lipinski definition) is 3. The smallest absolute Gasteiger partial charge is 0.109 e. The third kappa shape index (κ3) is 4.55. The van der Waals surface area contributed by atoms with Crippen LogP contribution < -0.4 is 5.73 Å². The summed E-state index contributed by atoms with van der Waals surface area (Å²) in [4.78, 5) is 4.80. The fraction of sp³-hybridized carbons (Fsp3) is 0.588. The van der Waals surface area contributed by atoms with Gasteiger partial charge in [-0.2, -0.15) is 0 Å². The van der Waals surface area contributed by atoms with Gasteiger partial charge in [-0.05, 0) is 44.9 Å². The van der Waals surface area contributed by atoms with E-state index >= 15 is 0 Å². The van der Waals surface area contributed by atoms with Gasteiger partial charge in [0.25, 0.3) is 0 Å². The van der Waals surface area contributed by atoms with E-state index in [2.05, 4.69) is 28.8 Å². The number of aromatic nitrogens is 2. The summed E-state index contributed by atoms with van der Waals surface area (Å²) in [5.74, 6) is 1.20. The van der Waals surface area contributed by atoms with Crippen LogP contribution in [0.2, 0.25) is 0 Å². The Bertz CT molecular complexity index is 536. The zero-order valence-electron chi connectivity index (χ0n) is 13.1. The maximum atomic E-state index is 5.56. The van der Waals surface area contributed by atoms with Crippen LogP contribution in [0.4, 0.5) is 0 Å². The Labute approximate surface area is 127 Å².